The molecule has 1 heteroatoms. The van der Waals surface area contributed by atoms with E-state index in [2.05, 4.69) is 243 Å². The fourth-order valence-electron chi connectivity index (χ4n) is 9.55. The van der Waals surface area contributed by atoms with Crippen LogP contribution >= 0.6 is 0 Å². The lowest BCUT2D eigenvalue weighted by Crippen LogP contribution is -2.14. The molecule has 1 nitrogen and oxygen atoms in total. The highest BCUT2D eigenvalue weighted by molar-refractivity contribution is 5.97. The molecule has 1 aliphatic rings. The highest BCUT2D eigenvalue weighted by Gasteiger charge is 2.36. The van der Waals surface area contributed by atoms with E-state index >= 15 is 0 Å². The second kappa shape index (κ2) is 14.4. The Morgan fingerprint density at radius 3 is 1.58 bits per heavy atom. The van der Waals surface area contributed by atoms with Gasteiger partial charge in [-0.3, -0.25) is 0 Å². The van der Waals surface area contributed by atoms with E-state index in [1.54, 1.807) is 0 Å². The summed E-state index contributed by atoms with van der Waals surface area (Å²) < 4.78 is 0. The zero-order chi connectivity index (χ0) is 40.2. The molecular weight excluding hydrogens is 723 g/mol. The summed E-state index contributed by atoms with van der Waals surface area (Å²) >= 11 is 0. The van der Waals surface area contributed by atoms with Crippen LogP contribution in [0.4, 0.5) is 17.1 Å². The Balaban J connectivity index is 0.981. The van der Waals surface area contributed by atoms with Gasteiger partial charge in [-0.15, -0.1) is 0 Å². The molecule has 10 aromatic carbocycles. The Kier molecular flexibility index (Phi) is 8.57. The molecule has 284 valence electrons. The second-order valence-corrected chi connectivity index (χ2v) is 16.5. The second-order valence-electron chi connectivity index (χ2n) is 16.5. The molecule has 0 saturated heterocycles. The van der Waals surface area contributed by atoms with E-state index in [0.29, 0.717) is 0 Å². The van der Waals surface area contributed by atoms with Crippen molar-refractivity contribution in [2.45, 2.75) is 19.3 Å². The predicted octanol–water partition coefficient (Wildman–Crippen LogP) is 16.4. The van der Waals surface area contributed by atoms with Gasteiger partial charge >= 0.3 is 0 Å². The average molecular weight is 766 g/mol. The van der Waals surface area contributed by atoms with Crippen molar-refractivity contribution in [2.24, 2.45) is 0 Å². The van der Waals surface area contributed by atoms with E-state index in [4.69, 9.17) is 0 Å². The van der Waals surface area contributed by atoms with Crippen LogP contribution in [-0.4, -0.2) is 0 Å². The fourth-order valence-corrected chi connectivity index (χ4v) is 9.55. The lowest BCUT2D eigenvalue weighted by atomic mass is 9.82. The Bertz CT molecular complexity index is 3200. The van der Waals surface area contributed by atoms with Crippen LogP contribution in [-0.2, 0) is 5.41 Å². The first-order chi connectivity index (χ1) is 29.5. The van der Waals surface area contributed by atoms with Gasteiger partial charge in [0.25, 0.3) is 0 Å². The maximum atomic E-state index is 2.38. The highest BCUT2D eigenvalue weighted by Crippen LogP contribution is 2.52. The van der Waals surface area contributed by atoms with Crippen LogP contribution in [0.5, 0.6) is 0 Å². The van der Waals surface area contributed by atoms with Gasteiger partial charge in [-0.2, -0.15) is 0 Å². The third-order valence-corrected chi connectivity index (χ3v) is 12.7. The molecule has 11 rings (SSSR count). The maximum absolute atomic E-state index is 2.38. The van der Waals surface area contributed by atoms with Crippen LogP contribution < -0.4 is 4.90 Å². The molecule has 0 heterocycles. The normalized spacial score (nSPS) is 12.6. The Morgan fingerprint density at radius 1 is 0.300 bits per heavy atom. The van der Waals surface area contributed by atoms with Crippen LogP contribution in [0, 0.1) is 0 Å². The van der Waals surface area contributed by atoms with Crippen molar-refractivity contribution < 1.29 is 0 Å². The van der Waals surface area contributed by atoms with E-state index in [0.717, 1.165) is 17.1 Å². The van der Waals surface area contributed by atoms with E-state index in [1.807, 2.05) is 0 Å². The molecule has 0 bridgehead atoms. The van der Waals surface area contributed by atoms with Gasteiger partial charge in [0.2, 0.25) is 0 Å². The number of benzene rings is 10. The zero-order valence-electron chi connectivity index (χ0n) is 33.8. The van der Waals surface area contributed by atoms with Crippen molar-refractivity contribution in [3.05, 3.63) is 236 Å². The number of nitrogens with zero attached hydrogens (tertiary/aromatic N) is 1. The van der Waals surface area contributed by atoms with Gasteiger partial charge in [0, 0.05) is 22.5 Å². The van der Waals surface area contributed by atoms with Crippen LogP contribution in [0.2, 0.25) is 0 Å². The van der Waals surface area contributed by atoms with Gasteiger partial charge in [0.1, 0.15) is 0 Å². The molecule has 10 aromatic rings. The first kappa shape index (κ1) is 35.7. The molecule has 0 radical (unpaired) electrons. The Morgan fingerprint density at radius 2 is 0.800 bits per heavy atom. The third-order valence-electron chi connectivity index (χ3n) is 12.7. The average Bonchev–Trinajstić information content (AvgIpc) is 3.55. The largest absolute Gasteiger partial charge is 0.310 e. The first-order valence-corrected chi connectivity index (χ1v) is 20.9. The molecule has 0 N–H and O–H groups in total. The molecule has 60 heavy (non-hydrogen) atoms. The summed E-state index contributed by atoms with van der Waals surface area (Å²) in [6.45, 7) is 4.70. The summed E-state index contributed by atoms with van der Waals surface area (Å²) in [5, 5.41) is 5.03. The number of rotatable bonds is 7. The van der Waals surface area contributed by atoms with Crippen molar-refractivity contribution in [1.29, 1.82) is 0 Å². The SMILES string of the molecule is CC1(C)c2ccccc2-c2c(-c3ccc(N(c4ccc(-c5ccc6ccccc6c5)cc4)c4cccc(-c5ccc(-c6cccc7ccccc67)cc5)c4)cc3)cccc21. The van der Waals surface area contributed by atoms with Crippen molar-refractivity contribution in [1.82, 2.24) is 0 Å². The van der Waals surface area contributed by atoms with Gasteiger partial charge < -0.3 is 4.90 Å². The molecule has 0 aliphatic heterocycles. The summed E-state index contributed by atoms with van der Waals surface area (Å²) in [4.78, 5) is 2.38. The van der Waals surface area contributed by atoms with Crippen molar-refractivity contribution >= 4 is 38.6 Å². The van der Waals surface area contributed by atoms with Crippen LogP contribution in [0.15, 0.2) is 224 Å². The number of fused-ring (bicyclic) bond motifs is 5. The minimum atomic E-state index is -0.0427. The summed E-state index contributed by atoms with van der Waals surface area (Å²) in [5.74, 6) is 0. The molecule has 0 spiro atoms. The zero-order valence-corrected chi connectivity index (χ0v) is 33.8. The van der Waals surface area contributed by atoms with Crippen LogP contribution in [0.25, 0.3) is 77.2 Å². The van der Waals surface area contributed by atoms with Crippen LogP contribution in [0.1, 0.15) is 25.0 Å². The number of anilines is 3. The summed E-state index contributed by atoms with van der Waals surface area (Å²) in [5.41, 5.74) is 18.5. The first-order valence-electron chi connectivity index (χ1n) is 20.9. The minimum Gasteiger partial charge on any atom is -0.310 e. The van der Waals surface area contributed by atoms with Crippen molar-refractivity contribution in [3.63, 3.8) is 0 Å². The number of hydrogen-bond acceptors (Lipinski definition) is 1. The van der Waals surface area contributed by atoms with Gasteiger partial charge in [-0.25, -0.2) is 0 Å². The van der Waals surface area contributed by atoms with Gasteiger partial charge in [-0.05, 0) is 131 Å². The lowest BCUT2D eigenvalue weighted by Gasteiger charge is -2.26. The van der Waals surface area contributed by atoms with Gasteiger partial charge in [-0.1, -0.05) is 196 Å². The molecule has 0 amide bonds. The topological polar surface area (TPSA) is 3.24 Å². The minimum absolute atomic E-state index is 0.0427. The van der Waals surface area contributed by atoms with Crippen molar-refractivity contribution in [2.75, 3.05) is 4.90 Å². The molecular formula is C59H43N. The molecule has 0 unspecified atom stereocenters. The maximum Gasteiger partial charge on any atom is 0.0467 e. The van der Waals surface area contributed by atoms with E-state index in [1.165, 1.54) is 88.3 Å². The van der Waals surface area contributed by atoms with Gasteiger partial charge in [0.15, 0.2) is 0 Å². The third kappa shape index (κ3) is 6.10. The molecule has 0 saturated carbocycles. The Labute approximate surface area is 352 Å². The van der Waals surface area contributed by atoms with Crippen molar-refractivity contribution in [3.8, 4) is 55.6 Å². The predicted molar refractivity (Wildman–Crippen MR) is 255 cm³/mol. The molecule has 0 atom stereocenters. The van der Waals surface area contributed by atoms with Crippen LogP contribution in [0.3, 0.4) is 0 Å². The summed E-state index contributed by atoms with van der Waals surface area (Å²) in [6, 6.07) is 82.3. The standard InChI is InChI=1S/C59H43N/c1-59(2)56-22-8-7-19-55(56)58-54(21-11-23-57(58)59)45-32-36-50(37-33-45)60(49-34-30-42(31-35-49)48-29-26-40-12-3-4-14-46(40)38-48)51-17-9-16-47(39-51)41-24-27-44(28-25-41)53-20-10-15-43-13-5-6-18-52(43)53/h3-39H,1-2H3. The van der Waals surface area contributed by atoms with E-state index in [9.17, 15) is 0 Å². The number of hydrogen-bond donors (Lipinski definition) is 0. The fraction of sp³-hybridized carbons (Fsp3) is 0.0508. The molecule has 0 fully saturated rings. The van der Waals surface area contributed by atoms with E-state index < -0.39 is 0 Å². The highest BCUT2D eigenvalue weighted by atomic mass is 15.1. The lowest BCUT2D eigenvalue weighted by molar-refractivity contribution is 0.660. The monoisotopic (exact) mass is 765 g/mol. The summed E-state index contributed by atoms with van der Waals surface area (Å²) in [7, 11) is 0. The Hall–Kier alpha value is -7.48. The quantitative estimate of drug-likeness (QED) is 0.156. The smallest absolute Gasteiger partial charge is 0.0467 e. The molecule has 1 aliphatic carbocycles. The van der Waals surface area contributed by atoms with Gasteiger partial charge in [0.05, 0.1) is 0 Å². The molecule has 0 aromatic heterocycles. The van der Waals surface area contributed by atoms with E-state index in [-0.39, 0.29) is 5.41 Å². The summed E-state index contributed by atoms with van der Waals surface area (Å²) in [6.07, 6.45) is 0.